The molecule has 0 saturated carbocycles. The van der Waals surface area contributed by atoms with Gasteiger partial charge in [-0.2, -0.15) is 0 Å². The maximum absolute atomic E-state index is 12.0. The topological polar surface area (TPSA) is 48.1 Å². The predicted molar refractivity (Wildman–Crippen MR) is 73.0 cm³/mol. The highest BCUT2D eigenvalue weighted by Gasteiger charge is 2.30. The summed E-state index contributed by atoms with van der Waals surface area (Å²) in [6.07, 6.45) is -2.75. The average molecular weight is 317 g/mol. The largest absolute Gasteiger partial charge is 0.573 e. The number of nitrogens with two attached hydrogens (primary N) is 1. The number of ether oxygens (including phenoxy) is 1. The molecule has 2 rings (SSSR count). The Morgan fingerprint density at radius 3 is 2.33 bits per heavy atom. The maximum Gasteiger partial charge on any atom is 0.573 e. The summed E-state index contributed by atoms with van der Waals surface area (Å²) in [6.45, 7) is 0. The van der Waals surface area contributed by atoms with Crippen LogP contribution in [0.15, 0.2) is 42.6 Å². The summed E-state index contributed by atoms with van der Waals surface area (Å²) in [6, 6.07) is 8.62. The summed E-state index contributed by atoms with van der Waals surface area (Å²) in [4.78, 5) is 4.11. The van der Waals surface area contributed by atoms with Gasteiger partial charge in [-0.05, 0) is 36.2 Å². The van der Waals surface area contributed by atoms with Crippen molar-refractivity contribution in [3.8, 4) is 5.75 Å². The van der Waals surface area contributed by atoms with Gasteiger partial charge in [0.25, 0.3) is 0 Å². The molecular weight excluding hydrogens is 305 g/mol. The second-order valence-corrected chi connectivity index (χ2v) is 4.84. The van der Waals surface area contributed by atoms with Gasteiger partial charge in [0.2, 0.25) is 0 Å². The van der Waals surface area contributed by atoms with Gasteiger partial charge in [-0.3, -0.25) is 4.98 Å². The molecule has 0 aliphatic carbocycles. The van der Waals surface area contributed by atoms with Crippen molar-refractivity contribution >= 4 is 11.6 Å². The van der Waals surface area contributed by atoms with Crippen LogP contribution in [0.1, 0.15) is 17.3 Å². The van der Waals surface area contributed by atoms with E-state index in [1.165, 1.54) is 30.5 Å². The highest BCUT2D eigenvalue weighted by atomic mass is 35.5. The molecule has 1 heterocycles. The molecular formula is C14H12ClF3N2O. The predicted octanol–water partition coefficient (Wildman–Crippen LogP) is 3.88. The van der Waals surface area contributed by atoms with E-state index in [4.69, 9.17) is 17.3 Å². The zero-order valence-corrected chi connectivity index (χ0v) is 11.5. The third-order valence-corrected chi connectivity index (χ3v) is 2.97. The first-order chi connectivity index (χ1) is 9.83. The van der Waals surface area contributed by atoms with Gasteiger partial charge in [-0.25, -0.2) is 0 Å². The van der Waals surface area contributed by atoms with Gasteiger partial charge >= 0.3 is 6.36 Å². The molecule has 1 atom stereocenters. The normalized spacial score (nSPS) is 13.0. The number of hydrogen-bond acceptors (Lipinski definition) is 3. The van der Waals surface area contributed by atoms with Crippen LogP contribution in [-0.2, 0) is 6.42 Å². The van der Waals surface area contributed by atoms with E-state index in [1.807, 2.05) is 0 Å². The minimum absolute atomic E-state index is 0.260. The van der Waals surface area contributed by atoms with Crippen LogP contribution in [0.4, 0.5) is 13.2 Å². The van der Waals surface area contributed by atoms with Gasteiger partial charge in [0.15, 0.2) is 0 Å². The SMILES string of the molecule is NC(Cc1ccc(OC(F)(F)F)cc1)c1ccc(Cl)cn1. The van der Waals surface area contributed by atoms with Crippen molar-refractivity contribution in [3.63, 3.8) is 0 Å². The first-order valence-electron chi connectivity index (χ1n) is 6.05. The van der Waals surface area contributed by atoms with Crippen LogP contribution in [0.5, 0.6) is 5.75 Å². The Morgan fingerprint density at radius 2 is 1.81 bits per heavy atom. The number of alkyl halides is 3. The van der Waals surface area contributed by atoms with Crippen LogP contribution in [0.3, 0.4) is 0 Å². The molecule has 1 aromatic heterocycles. The zero-order chi connectivity index (χ0) is 15.5. The molecule has 0 bridgehead atoms. The zero-order valence-electron chi connectivity index (χ0n) is 10.8. The molecule has 0 saturated heterocycles. The highest BCUT2D eigenvalue weighted by molar-refractivity contribution is 6.30. The lowest BCUT2D eigenvalue weighted by Crippen LogP contribution is -2.17. The Kier molecular flexibility index (Phi) is 4.69. The molecule has 0 amide bonds. The minimum atomic E-state index is -4.69. The van der Waals surface area contributed by atoms with Crippen molar-refractivity contribution in [1.29, 1.82) is 0 Å². The van der Waals surface area contributed by atoms with E-state index < -0.39 is 6.36 Å². The van der Waals surface area contributed by atoms with Crippen LogP contribution in [-0.4, -0.2) is 11.3 Å². The Morgan fingerprint density at radius 1 is 1.14 bits per heavy atom. The van der Waals surface area contributed by atoms with Crippen molar-refractivity contribution in [2.24, 2.45) is 5.73 Å². The first-order valence-corrected chi connectivity index (χ1v) is 6.43. The quantitative estimate of drug-likeness (QED) is 0.931. The number of nitrogens with zero attached hydrogens (tertiary/aromatic N) is 1. The average Bonchev–Trinajstić information content (AvgIpc) is 2.40. The van der Waals surface area contributed by atoms with Crippen LogP contribution < -0.4 is 10.5 Å². The van der Waals surface area contributed by atoms with E-state index in [1.54, 1.807) is 12.1 Å². The van der Waals surface area contributed by atoms with Gasteiger partial charge in [0, 0.05) is 6.20 Å². The van der Waals surface area contributed by atoms with Crippen LogP contribution in [0.2, 0.25) is 5.02 Å². The molecule has 0 fully saturated rings. The molecule has 21 heavy (non-hydrogen) atoms. The molecule has 0 radical (unpaired) electrons. The molecule has 7 heteroatoms. The molecule has 1 aromatic carbocycles. The van der Waals surface area contributed by atoms with Crippen LogP contribution in [0, 0.1) is 0 Å². The Labute approximate surface area is 124 Å². The number of aromatic nitrogens is 1. The fraction of sp³-hybridized carbons (Fsp3) is 0.214. The summed E-state index contributed by atoms with van der Waals surface area (Å²) in [5.41, 5.74) is 7.45. The van der Waals surface area contributed by atoms with Gasteiger partial charge in [0.1, 0.15) is 5.75 Å². The Bertz CT molecular complexity index is 585. The molecule has 112 valence electrons. The number of benzene rings is 1. The lowest BCUT2D eigenvalue weighted by molar-refractivity contribution is -0.274. The third kappa shape index (κ3) is 4.91. The van der Waals surface area contributed by atoms with E-state index in [2.05, 4.69) is 9.72 Å². The Balaban J connectivity index is 2.01. The fourth-order valence-corrected chi connectivity index (χ4v) is 1.90. The standard InChI is InChI=1S/C14H12ClF3N2O/c15-10-3-6-13(20-8-10)12(19)7-9-1-4-11(5-2-9)21-14(16,17)18/h1-6,8,12H,7,19H2. The van der Waals surface area contributed by atoms with E-state index in [0.717, 1.165) is 5.56 Å². The van der Waals surface area contributed by atoms with E-state index >= 15 is 0 Å². The number of rotatable bonds is 4. The van der Waals surface area contributed by atoms with Gasteiger partial charge in [-0.1, -0.05) is 23.7 Å². The van der Waals surface area contributed by atoms with E-state index in [9.17, 15) is 13.2 Å². The fourth-order valence-electron chi connectivity index (χ4n) is 1.79. The molecule has 0 aliphatic rings. The van der Waals surface area contributed by atoms with Gasteiger partial charge in [0.05, 0.1) is 16.8 Å². The van der Waals surface area contributed by atoms with Crippen LogP contribution in [0.25, 0.3) is 0 Å². The second kappa shape index (κ2) is 6.32. The minimum Gasteiger partial charge on any atom is -0.406 e. The lowest BCUT2D eigenvalue weighted by Gasteiger charge is -2.12. The monoisotopic (exact) mass is 316 g/mol. The molecule has 0 spiro atoms. The summed E-state index contributed by atoms with van der Waals surface area (Å²) in [5.74, 6) is -0.260. The van der Waals surface area contributed by atoms with Gasteiger partial charge < -0.3 is 10.5 Å². The molecule has 0 aliphatic heterocycles. The maximum atomic E-state index is 12.0. The van der Waals surface area contributed by atoms with Crippen molar-refractivity contribution in [2.75, 3.05) is 0 Å². The summed E-state index contributed by atoms with van der Waals surface area (Å²) in [5, 5.41) is 0.514. The summed E-state index contributed by atoms with van der Waals surface area (Å²) >= 11 is 5.74. The molecule has 2 aromatic rings. The van der Waals surface area contributed by atoms with Gasteiger partial charge in [-0.15, -0.1) is 13.2 Å². The first kappa shape index (κ1) is 15.6. The third-order valence-electron chi connectivity index (χ3n) is 2.74. The second-order valence-electron chi connectivity index (χ2n) is 4.40. The summed E-state index contributed by atoms with van der Waals surface area (Å²) < 4.78 is 39.9. The highest BCUT2D eigenvalue weighted by Crippen LogP contribution is 2.24. The smallest absolute Gasteiger partial charge is 0.406 e. The van der Waals surface area contributed by atoms with Crippen molar-refractivity contribution < 1.29 is 17.9 Å². The van der Waals surface area contributed by atoms with E-state index in [-0.39, 0.29) is 11.8 Å². The van der Waals surface area contributed by atoms with Crippen molar-refractivity contribution in [3.05, 3.63) is 58.9 Å². The molecule has 2 N–H and O–H groups in total. The number of pyridine rings is 1. The number of hydrogen-bond donors (Lipinski definition) is 1. The summed E-state index contributed by atoms with van der Waals surface area (Å²) in [7, 11) is 0. The van der Waals surface area contributed by atoms with Crippen molar-refractivity contribution in [1.82, 2.24) is 4.98 Å². The molecule has 3 nitrogen and oxygen atoms in total. The lowest BCUT2D eigenvalue weighted by atomic mass is 10.0. The van der Waals surface area contributed by atoms with Crippen molar-refractivity contribution in [2.45, 2.75) is 18.8 Å². The number of halogens is 4. The Hall–Kier alpha value is -1.79. The molecule has 1 unspecified atom stereocenters. The van der Waals surface area contributed by atoms with E-state index in [0.29, 0.717) is 17.1 Å². The van der Waals surface area contributed by atoms with Crippen LogP contribution >= 0.6 is 11.6 Å².